The van der Waals surface area contributed by atoms with Crippen molar-refractivity contribution in [1.82, 2.24) is 5.32 Å². The summed E-state index contributed by atoms with van der Waals surface area (Å²) in [6.07, 6.45) is 5.90. The van der Waals surface area contributed by atoms with Gasteiger partial charge in [0.1, 0.15) is 42.7 Å². The molecule has 2 aliphatic heterocycles. The van der Waals surface area contributed by atoms with E-state index in [1.165, 1.54) is 6.92 Å². The number of carbonyl (C=O) groups is 1. The third kappa shape index (κ3) is 15.5. The zero-order valence-electron chi connectivity index (χ0n) is 31.4. The molecule has 5 unspecified atom stereocenters. The molecular weight excluding hydrogens is 632 g/mol. The Labute approximate surface area is 296 Å². The van der Waals surface area contributed by atoms with Gasteiger partial charge in [-0.15, -0.1) is 6.58 Å². The first kappa shape index (κ1) is 44.0. The van der Waals surface area contributed by atoms with E-state index in [1.54, 1.807) is 6.08 Å². The number of unbranched alkanes of at least 4 members (excludes halogenated alkanes) is 5. The molecule has 0 aromatic heterocycles. The first-order chi connectivity index (χ1) is 23.9. The molecule has 49 heavy (non-hydrogen) atoms. The third-order valence-corrected chi connectivity index (χ3v) is 8.65. The predicted octanol–water partition coefficient (Wildman–Crippen LogP) is 5.05. The summed E-state index contributed by atoms with van der Waals surface area (Å²) in [5.41, 5.74) is 6.99. The van der Waals surface area contributed by atoms with Crippen LogP contribution in [0, 0.1) is 0 Å². The second kappa shape index (κ2) is 26.6. The molecule has 0 bridgehead atoms. The van der Waals surface area contributed by atoms with Crippen LogP contribution in [0.1, 0.15) is 106 Å². The Bertz CT molecular complexity index is 854. The van der Waals surface area contributed by atoms with Crippen LogP contribution in [0.2, 0.25) is 0 Å². The molecule has 1 amide bonds. The number of rotatable bonds is 28. The van der Waals surface area contributed by atoms with Crippen LogP contribution in [-0.4, -0.2) is 120 Å². The van der Waals surface area contributed by atoms with Crippen molar-refractivity contribution in [2.24, 2.45) is 5.73 Å². The molecule has 3 N–H and O–H groups in total. The van der Waals surface area contributed by atoms with Gasteiger partial charge >= 0.3 is 0 Å². The van der Waals surface area contributed by atoms with Crippen LogP contribution in [0.5, 0.6) is 0 Å². The van der Waals surface area contributed by atoms with E-state index in [0.29, 0.717) is 39.6 Å². The van der Waals surface area contributed by atoms with E-state index in [4.69, 9.17) is 48.4 Å². The van der Waals surface area contributed by atoms with Gasteiger partial charge in [0, 0.05) is 40.0 Å². The molecule has 288 valence electrons. The first-order valence-electron chi connectivity index (χ1n) is 19.1. The van der Waals surface area contributed by atoms with Gasteiger partial charge in [0.05, 0.1) is 25.9 Å². The fourth-order valence-electron chi connectivity index (χ4n) is 5.82. The van der Waals surface area contributed by atoms with E-state index >= 15 is 0 Å². The smallest absolute Gasteiger partial charge is 0.217 e. The van der Waals surface area contributed by atoms with Crippen molar-refractivity contribution in [1.29, 1.82) is 0 Å². The van der Waals surface area contributed by atoms with Gasteiger partial charge in [-0.25, -0.2) is 0 Å². The summed E-state index contributed by atoms with van der Waals surface area (Å²) in [5, 5.41) is 3.01. The number of ether oxygens (including phenoxy) is 9. The minimum atomic E-state index is -0.922. The second-order valence-electron chi connectivity index (χ2n) is 13.0. The zero-order valence-corrected chi connectivity index (χ0v) is 31.4. The Balaban J connectivity index is 2.50. The molecule has 10 atom stereocenters. The number of nitrogens with two attached hydrogens (primary N) is 1. The standard InChI is InChI=1S/C37H70N2O10/c1-8-14-20-41-25-28-32(44-22-16-10-3)34(45-23-17-11-4)30(38)36(47-28)49-33-29(26-42-21-15-9-2)48-37(46-24-18-12-5)31(39-27(7)40)35(33)43-19-13-6/h13,28-37H,6,8-12,14-26,38H2,1-5,7H3,(H,39,40)/t28?,29?,30?,31?,32-,33-,34-,35-,36?,37+/m1/s1. The van der Waals surface area contributed by atoms with Crippen LogP contribution in [0.4, 0.5) is 0 Å². The molecule has 0 spiro atoms. The van der Waals surface area contributed by atoms with E-state index < -0.39 is 61.3 Å². The summed E-state index contributed by atoms with van der Waals surface area (Å²) in [5.74, 6) is -0.243. The summed E-state index contributed by atoms with van der Waals surface area (Å²) in [6, 6.07) is -1.38. The van der Waals surface area contributed by atoms with Crippen LogP contribution < -0.4 is 11.1 Å². The monoisotopic (exact) mass is 703 g/mol. The van der Waals surface area contributed by atoms with Crippen LogP contribution in [0.15, 0.2) is 12.7 Å². The normalized spacial score (nSPS) is 30.3. The number of nitrogens with one attached hydrogen (secondary N) is 1. The molecule has 0 aromatic carbocycles. The van der Waals surface area contributed by atoms with Crippen LogP contribution in [-0.2, 0) is 47.4 Å². The number of carbonyl (C=O) groups excluding carboxylic acids is 1. The Kier molecular flexibility index (Phi) is 23.8. The molecule has 2 saturated heterocycles. The summed E-state index contributed by atoms with van der Waals surface area (Å²) < 4.78 is 57.8. The fourth-order valence-corrected chi connectivity index (χ4v) is 5.82. The lowest BCUT2D eigenvalue weighted by Gasteiger charge is -2.50. The van der Waals surface area contributed by atoms with Crippen molar-refractivity contribution >= 4 is 5.91 Å². The van der Waals surface area contributed by atoms with Gasteiger partial charge in [0.2, 0.25) is 5.91 Å². The van der Waals surface area contributed by atoms with Gasteiger partial charge in [-0.05, 0) is 32.1 Å². The maximum Gasteiger partial charge on any atom is 0.217 e. The van der Waals surface area contributed by atoms with Crippen LogP contribution >= 0.6 is 0 Å². The maximum atomic E-state index is 12.5. The predicted molar refractivity (Wildman–Crippen MR) is 189 cm³/mol. The molecule has 0 aliphatic carbocycles. The second-order valence-corrected chi connectivity index (χ2v) is 13.0. The number of hydrogen-bond acceptors (Lipinski definition) is 11. The highest BCUT2D eigenvalue weighted by Crippen LogP contribution is 2.33. The van der Waals surface area contributed by atoms with Crippen molar-refractivity contribution in [3.63, 3.8) is 0 Å². The molecule has 12 heteroatoms. The van der Waals surface area contributed by atoms with Crippen LogP contribution in [0.3, 0.4) is 0 Å². The van der Waals surface area contributed by atoms with Gasteiger partial charge in [-0.1, -0.05) is 72.8 Å². The molecule has 0 saturated carbocycles. The first-order valence-corrected chi connectivity index (χ1v) is 19.1. The minimum absolute atomic E-state index is 0.216. The van der Waals surface area contributed by atoms with Gasteiger partial charge in [-0.3, -0.25) is 4.79 Å². The number of amides is 1. The maximum absolute atomic E-state index is 12.5. The van der Waals surface area contributed by atoms with Gasteiger partial charge < -0.3 is 53.7 Å². The Morgan fingerprint density at radius 1 is 0.673 bits per heavy atom. The lowest BCUT2D eigenvalue weighted by molar-refractivity contribution is -0.339. The van der Waals surface area contributed by atoms with E-state index in [9.17, 15) is 4.79 Å². The summed E-state index contributed by atoms with van der Waals surface area (Å²) >= 11 is 0. The van der Waals surface area contributed by atoms with Crippen molar-refractivity contribution in [3.8, 4) is 0 Å². The van der Waals surface area contributed by atoms with E-state index in [2.05, 4.69) is 46.5 Å². The highest BCUT2D eigenvalue weighted by molar-refractivity contribution is 5.73. The summed E-state index contributed by atoms with van der Waals surface area (Å²) in [4.78, 5) is 12.5. The molecule has 12 nitrogen and oxygen atoms in total. The molecule has 0 aromatic rings. The highest BCUT2D eigenvalue weighted by atomic mass is 16.7. The molecule has 2 aliphatic rings. The molecule has 2 fully saturated rings. The summed E-state index contributed by atoms with van der Waals surface area (Å²) in [6.45, 7) is 19.4. The highest BCUT2D eigenvalue weighted by Gasteiger charge is 2.53. The topological polar surface area (TPSA) is 138 Å². The lowest BCUT2D eigenvalue weighted by atomic mass is 9.94. The number of hydrogen-bond donors (Lipinski definition) is 2. The van der Waals surface area contributed by atoms with E-state index in [0.717, 1.165) is 64.2 Å². The van der Waals surface area contributed by atoms with Gasteiger partial charge in [-0.2, -0.15) is 0 Å². The third-order valence-electron chi connectivity index (χ3n) is 8.65. The minimum Gasteiger partial charge on any atom is -0.379 e. The molecule has 2 rings (SSSR count). The Morgan fingerprint density at radius 3 is 1.69 bits per heavy atom. The zero-order chi connectivity index (χ0) is 35.9. The van der Waals surface area contributed by atoms with Crippen molar-refractivity contribution in [2.45, 2.75) is 167 Å². The quantitative estimate of drug-likeness (QED) is 0.0838. The van der Waals surface area contributed by atoms with E-state index in [1.807, 2.05) is 0 Å². The van der Waals surface area contributed by atoms with Crippen molar-refractivity contribution < 1.29 is 47.4 Å². The molecular formula is C37H70N2O10. The van der Waals surface area contributed by atoms with E-state index in [-0.39, 0.29) is 19.1 Å². The van der Waals surface area contributed by atoms with Crippen molar-refractivity contribution in [3.05, 3.63) is 12.7 Å². The van der Waals surface area contributed by atoms with Gasteiger partial charge in [0.15, 0.2) is 12.6 Å². The van der Waals surface area contributed by atoms with Crippen molar-refractivity contribution in [2.75, 3.05) is 52.9 Å². The average Bonchev–Trinajstić information content (AvgIpc) is 3.08. The molecule has 2 heterocycles. The fraction of sp³-hybridized carbons (Fsp3) is 0.919. The SMILES string of the molecule is C=CCO[C@@H]1C(NC(C)=O)[C@@H](OCCCC)OC(COCCCC)[C@H]1OC1OC(COCCCC)[C@@H](OCCCC)[C@H](OCCCC)C1N. The Hall–Kier alpha value is -1.19. The largest absolute Gasteiger partial charge is 0.379 e. The molecule has 0 radical (unpaired) electrons. The van der Waals surface area contributed by atoms with Gasteiger partial charge in [0.25, 0.3) is 0 Å². The summed E-state index contributed by atoms with van der Waals surface area (Å²) in [7, 11) is 0. The van der Waals surface area contributed by atoms with Crippen LogP contribution in [0.25, 0.3) is 0 Å². The lowest BCUT2D eigenvalue weighted by Crippen LogP contribution is -2.69. The Morgan fingerprint density at radius 2 is 1.16 bits per heavy atom. The average molecular weight is 703 g/mol.